The fourth-order valence-electron chi connectivity index (χ4n) is 5.14. The molecule has 2 aliphatic carbocycles. The first-order chi connectivity index (χ1) is 10.8. The van der Waals surface area contributed by atoms with Gasteiger partial charge in [-0.2, -0.15) is 0 Å². The molecule has 3 aliphatic rings. The molecule has 22 heavy (non-hydrogen) atoms. The third-order valence-electron chi connectivity index (χ3n) is 6.35. The Kier molecular flexibility index (Phi) is 4.03. The van der Waals surface area contributed by atoms with E-state index in [1.165, 1.54) is 58.0 Å². The molecular formula is C18H28N4. The predicted molar refractivity (Wildman–Crippen MR) is 88.9 cm³/mol. The van der Waals surface area contributed by atoms with E-state index in [1.54, 1.807) is 12.4 Å². The first-order valence-corrected chi connectivity index (χ1v) is 9.06. The molecular weight excluding hydrogens is 272 g/mol. The summed E-state index contributed by atoms with van der Waals surface area (Å²) in [6.45, 7) is 2.66. The maximum Gasteiger partial charge on any atom is 0.147 e. The van der Waals surface area contributed by atoms with Crippen LogP contribution in [-0.2, 0) is 0 Å². The van der Waals surface area contributed by atoms with E-state index >= 15 is 0 Å². The quantitative estimate of drug-likeness (QED) is 0.859. The van der Waals surface area contributed by atoms with E-state index in [-0.39, 0.29) is 0 Å². The summed E-state index contributed by atoms with van der Waals surface area (Å²) in [5.41, 5.74) is 0. The van der Waals surface area contributed by atoms with Crippen LogP contribution in [0.2, 0.25) is 0 Å². The fraction of sp³-hybridized carbons (Fsp3) is 0.778. The highest BCUT2D eigenvalue weighted by Gasteiger charge is 2.45. The van der Waals surface area contributed by atoms with Gasteiger partial charge < -0.3 is 4.90 Å². The third-order valence-corrected chi connectivity index (χ3v) is 6.35. The van der Waals surface area contributed by atoms with Gasteiger partial charge in [-0.15, -0.1) is 0 Å². The summed E-state index contributed by atoms with van der Waals surface area (Å²) < 4.78 is 0. The van der Waals surface area contributed by atoms with Crippen LogP contribution in [0.1, 0.15) is 44.9 Å². The highest BCUT2D eigenvalue weighted by Crippen LogP contribution is 2.42. The Morgan fingerprint density at radius 1 is 1.05 bits per heavy atom. The van der Waals surface area contributed by atoms with Gasteiger partial charge in [-0.1, -0.05) is 19.3 Å². The molecule has 120 valence electrons. The van der Waals surface area contributed by atoms with E-state index in [2.05, 4.69) is 26.8 Å². The topological polar surface area (TPSA) is 32.3 Å². The molecule has 1 saturated heterocycles. The van der Waals surface area contributed by atoms with Crippen LogP contribution in [0, 0.1) is 11.8 Å². The third kappa shape index (κ3) is 2.62. The summed E-state index contributed by atoms with van der Waals surface area (Å²) in [6, 6.07) is 1.53. The molecule has 4 rings (SSSR count). The molecule has 1 aromatic heterocycles. The van der Waals surface area contributed by atoms with Gasteiger partial charge in [0.1, 0.15) is 5.82 Å². The van der Waals surface area contributed by atoms with Gasteiger partial charge in [0.15, 0.2) is 0 Å². The second-order valence-electron chi connectivity index (χ2n) is 7.49. The molecule has 0 aromatic carbocycles. The number of hydrogen-bond acceptors (Lipinski definition) is 4. The average molecular weight is 300 g/mol. The SMILES string of the molecule is CN(c1cnccn1)[C@@H]1CC[C@@H]2CN(C3CCCCC3)C[C@@H]21. The molecule has 2 heterocycles. The summed E-state index contributed by atoms with van der Waals surface area (Å²) in [7, 11) is 2.21. The largest absolute Gasteiger partial charge is 0.355 e. The lowest BCUT2D eigenvalue weighted by Crippen LogP contribution is -2.40. The molecule has 0 radical (unpaired) electrons. The van der Waals surface area contributed by atoms with Crippen molar-refractivity contribution in [2.75, 3.05) is 25.0 Å². The van der Waals surface area contributed by atoms with Crippen molar-refractivity contribution in [3.8, 4) is 0 Å². The van der Waals surface area contributed by atoms with E-state index in [0.29, 0.717) is 6.04 Å². The number of likely N-dealkylation sites (tertiary alicyclic amines) is 1. The molecule has 1 aliphatic heterocycles. The second-order valence-corrected chi connectivity index (χ2v) is 7.49. The Morgan fingerprint density at radius 2 is 1.91 bits per heavy atom. The van der Waals surface area contributed by atoms with Gasteiger partial charge in [0.05, 0.1) is 6.20 Å². The number of nitrogens with zero attached hydrogens (tertiary/aromatic N) is 4. The Balaban J connectivity index is 1.44. The molecule has 0 unspecified atom stereocenters. The Hall–Kier alpha value is -1.16. The number of aromatic nitrogens is 2. The summed E-state index contributed by atoms with van der Waals surface area (Å²) in [5, 5.41) is 0. The molecule has 0 N–H and O–H groups in total. The highest BCUT2D eigenvalue weighted by atomic mass is 15.2. The lowest BCUT2D eigenvalue weighted by molar-refractivity contribution is 0.176. The first kappa shape index (κ1) is 14.4. The van der Waals surface area contributed by atoms with E-state index in [9.17, 15) is 0 Å². The van der Waals surface area contributed by atoms with Gasteiger partial charge in [-0.25, -0.2) is 4.98 Å². The van der Waals surface area contributed by atoms with E-state index in [0.717, 1.165) is 23.7 Å². The van der Waals surface area contributed by atoms with E-state index < -0.39 is 0 Å². The van der Waals surface area contributed by atoms with Crippen molar-refractivity contribution in [2.24, 2.45) is 11.8 Å². The van der Waals surface area contributed by atoms with Gasteiger partial charge in [0.2, 0.25) is 0 Å². The molecule has 0 spiro atoms. The second kappa shape index (κ2) is 6.15. The molecule has 2 saturated carbocycles. The zero-order valence-electron chi connectivity index (χ0n) is 13.7. The highest BCUT2D eigenvalue weighted by molar-refractivity contribution is 5.36. The van der Waals surface area contributed by atoms with E-state index in [1.807, 2.05) is 6.20 Å². The first-order valence-electron chi connectivity index (χ1n) is 9.06. The van der Waals surface area contributed by atoms with Crippen LogP contribution >= 0.6 is 0 Å². The van der Waals surface area contributed by atoms with Crippen molar-refractivity contribution < 1.29 is 0 Å². The maximum absolute atomic E-state index is 4.50. The minimum Gasteiger partial charge on any atom is -0.355 e. The standard InChI is InChI=1S/C18H28N4/c1-21(18-11-19-9-10-20-18)17-8-7-14-12-22(13-16(14)17)15-5-3-2-4-6-15/h9-11,14-17H,2-8,12-13H2,1H3/t14-,16+,17-/m1/s1. The van der Waals surface area contributed by atoms with Crippen LogP contribution in [0.4, 0.5) is 5.82 Å². The normalized spacial score (nSPS) is 33.0. The Bertz CT molecular complexity index is 485. The zero-order valence-corrected chi connectivity index (χ0v) is 13.7. The number of anilines is 1. The van der Waals surface area contributed by atoms with Gasteiger partial charge in [0.25, 0.3) is 0 Å². The van der Waals surface area contributed by atoms with Crippen molar-refractivity contribution in [2.45, 2.75) is 57.0 Å². The fourth-order valence-corrected chi connectivity index (χ4v) is 5.14. The number of fused-ring (bicyclic) bond motifs is 1. The Labute approximate surface area is 133 Å². The molecule has 1 aromatic rings. The van der Waals surface area contributed by atoms with Gasteiger partial charge in [-0.05, 0) is 37.5 Å². The van der Waals surface area contributed by atoms with Gasteiger partial charge in [-0.3, -0.25) is 9.88 Å². The van der Waals surface area contributed by atoms with Crippen LogP contribution < -0.4 is 4.90 Å². The molecule has 0 bridgehead atoms. The number of hydrogen-bond donors (Lipinski definition) is 0. The van der Waals surface area contributed by atoms with E-state index in [4.69, 9.17) is 0 Å². The number of rotatable bonds is 3. The molecule has 3 fully saturated rings. The van der Waals surface area contributed by atoms with Crippen molar-refractivity contribution >= 4 is 5.82 Å². The maximum atomic E-state index is 4.50. The van der Waals surface area contributed by atoms with Gasteiger partial charge >= 0.3 is 0 Å². The lowest BCUT2D eigenvalue weighted by atomic mass is 9.94. The van der Waals surface area contributed by atoms with Crippen molar-refractivity contribution in [3.63, 3.8) is 0 Å². The molecule has 4 nitrogen and oxygen atoms in total. The summed E-state index contributed by atoms with van der Waals surface area (Å²) >= 11 is 0. The molecule has 3 atom stereocenters. The van der Waals surface area contributed by atoms with Crippen LogP contribution in [0.3, 0.4) is 0 Å². The molecule has 0 amide bonds. The zero-order chi connectivity index (χ0) is 14.9. The summed E-state index contributed by atoms with van der Waals surface area (Å²) in [4.78, 5) is 13.9. The minimum atomic E-state index is 0.648. The van der Waals surface area contributed by atoms with Gasteiger partial charge in [0, 0.05) is 44.6 Å². The Morgan fingerprint density at radius 3 is 2.68 bits per heavy atom. The van der Waals surface area contributed by atoms with Crippen LogP contribution in [-0.4, -0.2) is 47.1 Å². The monoisotopic (exact) mass is 300 g/mol. The average Bonchev–Trinajstić information content (AvgIpc) is 3.16. The predicted octanol–water partition coefficient (Wildman–Crippen LogP) is 2.96. The van der Waals surface area contributed by atoms with Crippen molar-refractivity contribution in [3.05, 3.63) is 18.6 Å². The summed E-state index contributed by atoms with van der Waals surface area (Å²) in [6.07, 6.45) is 15.4. The smallest absolute Gasteiger partial charge is 0.147 e. The van der Waals surface area contributed by atoms with Crippen LogP contribution in [0.15, 0.2) is 18.6 Å². The molecule has 4 heteroatoms. The van der Waals surface area contributed by atoms with Crippen molar-refractivity contribution in [1.82, 2.24) is 14.9 Å². The van der Waals surface area contributed by atoms with Crippen molar-refractivity contribution in [1.29, 1.82) is 0 Å². The minimum absolute atomic E-state index is 0.648. The summed E-state index contributed by atoms with van der Waals surface area (Å²) in [5.74, 6) is 2.77. The lowest BCUT2D eigenvalue weighted by Gasteiger charge is -2.34. The van der Waals surface area contributed by atoms with Crippen LogP contribution in [0.5, 0.6) is 0 Å². The van der Waals surface area contributed by atoms with Crippen LogP contribution in [0.25, 0.3) is 0 Å².